The number of nitrogen functional groups attached to an aromatic ring is 1. The second-order valence-electron chi connectivity index (χ2n) is 4.72. The fraction of sp³-hybridized carbons (Fsp3) is 0.583. The maximum atomic E-state index is 5.63. The van der Waals surface area contributed by atoms with Crippen LogP contribution in [0.1, 0.15) is 19.8 Å². The van der Waals surface area contributed by atoms with Crippen molar-refractivity contribution in [3.05, 3.63) is 18.2 Å². The molecule has 4 heteroatoms. The molecule has 0 atom stereocenters. The Hall–Kier alpha value is -1.29. The molecule has 1 aromatic heterocycles. The van der Waals surface area contributed by atoms with E-state index in [-0.39, 0.29) is 0 Å². The van der Waals surface area contributed by atoms with E-state index in [4.69, 9.17) is 10.5 Å². The lowest BCUT2D eigenvalue weighted by Gasteiger charge is -2.33. The quantitative estimate of drug-likeness (QED) is 0.818. The highest BCUT2D eigenvalue weighted by Gasteiger charge is 2.26. The molecule has 0 spiro atoms. The van der Waals surface area contributed by atoms with Crippen molar-refractivity contribution in [1.29, 1.82) is 0 Å². The van der Waals surface area contributed by atoms with E-state index in [1.165, 1.54) is 0 Å². The van der Waals surface area contributed by atoms with Crippen molar-refractivity contribution in [2.24, 2.45) is 5.41 Å². The molecule has 3 N–H and O–H groups in total. The smallest absolute Gasteiger partial charge is 0.128 e. The summed E-state index contributed by atoms with van der Waals surface area (Å²) in [6.45, 7) is 4.94. The molecule has 1 aromatic rings. The molecule has 0 radical (unpaired) electrons. The predicted molar refractivity (Wildman–Crippen MR) is 65.3 cm³/mol. The molecule has 4 nitrogen and oxygen atoms in total. The SMILES string of the molecule is CC1(CNc2cccc(N)n2)CCOCC1. The number of ether oxygens (including phenoxy) is 1. The fourth-order valence-corrected chi connectivity index (χ4v) is 1.89. The van der Waals surface area contributed by atoms with Gasteiger partial charge in [-0.2, -0.15) is 0 Å². The average molecular weight is 221 g/mol. The van der Waals surface area contributed by atoms with Crippen LogP contribution in [0.3, 0.4) is 0 Å². The third-order valence-electron chi connectivity index (χ3n) is 3.17. The third-order valence-corrected chi connectivity index (χ3v) is 3.17. The van der Waals surface area contributed by atoms with Gasteiger partial charge in [0.05, 0.1) is 0 Å². The van der Waals surface area contributed by atoms with Crippen LogP contribution in [0.25, 0.3) is 0 Å². The summed E-state index contributed by atoms with van der Waals surface area (Å²) in [5.74, 6) is 1.41. The topological polar surface area (TPSA) is 60.2 Å². The Morgan fingerprint density at radius 2 is 2.19 bits per heavy atom. The van der Waals surface area contributed by atoms with E-state index in [0.717, 1.165) is 38.4 Å². The van der Waals surface area contributed by atoms with Crippen molar-refractivity contribution in [3.8, 4) is 0 Å². The van der Waals surface area contributed by atoms with Gasteiger partial charge in [-0.15, -0.1) is 0 Å². The summed E-state index contributed by atoms with van der Waals surface area (Å²) >= 11 is 0. The molecule has 0 amide bonds. The van der Waals surface area contributed by atoms with Crippen molar-refractivity contribution < 1.29 is 4.74 Å². The van der Waals surface area contributed by atoms with Gasteiger partial charge in [0, 0.05) is 19.8 Å². The lowest BCUT2D eigenvalue weighted by Crippen LogP contribution is -2.33. The van der Waals surface area contributed by atoms with Crippen molar-refractivity contribution >= 4 is 11.6 Å². The molecule has 0 unspecified atom stereocenters. The van der Waals surface area contributed by atoms with Gasteiger partial charge in [0.2, 0.25) is 0 Å². The van der Waals surface area contributed by atoms with E-state index < -0.39 is 0 Å². The molecule has 0 saturated carbocycles. The molecule has 88 valence electrons. The summed E-state index contributed by atoms with van der Waals surface area (Å²) in [4.78, 5) is 4.22. The largest absolute Gasteiger partial charge is 0.384 e. The molecule has 1 aliphatic heterocycles. The van der Waals surface area contributed by atoms with Crippen molar-refractivity contribution in [2.75, 3.05) is 30.8 Å². The average Bonchev–Trinajstić information content (AvgIpc) is 2.28. The van der Waals surface area contributed by atoms with Gasteiger partial charge in [0.15, 0.2) is 0 Å². The third kappa shape index (κ3) is 2.85. The molecule has 0 aromatic carbocycles. The fourth-order valence-electron chi connectivity index (χ4n) is 1.89. The van der Waals surface area contributed by atoms with Crippen molar-refractivity contribution in [3.63, 3.8) is 0 Å². The minimum absolute atomic E-state index is 0.310. The van der Waals surface area contributed by atoms with Gasteiger partial charge in [-0.05, 0) is 30.4 Å². The monoisotopic (exact) mass is 221 g/mol. The van der Waals surface area contributed by atoms with Gasteiger partial charge >= 0.3 is 0 Å². The first-order valence-corrected chi connectivity index (χ1v) is 5.72. The zero-order valence-corrected chi connectivity index (χ0v) is 9.70. The van der Waals surface area contributed by atoms with Crippen LogP contribution < -0.4 is 11.1 Å². The zero-order chi connectivity index (χ0) is 11.4. The first-order chi connectivity index (χ1) is 7.68. The van der Waals surface area contributed by atoms with Gasteiger partial charge < -0.3 is 15.8 Å². The Morgan fingerprint density at radius 1 is 1.44 bits per heavy atom. The van der Waals surface area contributed by atoms with E-state index in [1.807, 2.05) is 12.1 Å². The number of hydrogen-bond acceptors (Lipinski definition) is 4. The Labute approximate surface area is 96.2 Å². The van der Waals surface area contributed by atoms with E-state index in [1.54, 1.807) is 6.07 Å². The number of pyridine rings is 1. The maximum absolute atomic E-state index is 5.63. The van der Waals surface area contributed by atoms with Crippen LogP contribution >= 0.6 is 0 Å². The summed E-state index contributed by atoms with van der Waals surface area (Å²) in [5, 5.41) is 3.35. The summed E-state index contributed by atoms with van der Waals surface area (Å²) in [7, 11) is 0. The zero-order valence-electron chi connectivity index (χ0n) is 9.70. The highest BCUT2D eigenvalue weighted by molar-refractivity contribution is 5.42. The van der Waals surface area contributed by atoms with Crippen LogP contribution in [0.15, 0.2) is 18.2 Å². The van der Waals surface area contributed by atoms with Gasteiger partial charge in [-0.1, -0.05) is 13.0 Å². The lowest BCUT2D eigenvalue weighted by atomic mass is 9.82. The molecule has 2 rings (SSSR count). The van der Waals surface area contributed by atoms with Gasteiger partial charge in [0.1, 0.15) is 11.6 Å². The molecule has 1 aliphatic rings. The normalized spacial score (nSPS) is 19.3. The number of nitrogens with two attached hydrogens (primary N) is 1. The molecule has 1 saturated heterocycles. The number of nitrogens with zero attached hydrogens (tertiary/aromatic N) is 1. The minimum Gasteiger partial charge on any atom is -0.384 e. The van der Waals surface area contributed by atoms with Crippen molar-refractivity contribution in [1.82, 2.24) is 4.98 Å². The van der Waals surface area contributed by atoms with Gasteiger partial charge in [0.25, 0.3) is 0 Å². The van der Waals surface area contributed by atoms with Crippen LogP contribution in [0.5, 0.6) is 0 Å². The van der Waals surface area contributed by atoms with Crippen LogP contribution in [-0.2, 0) is 4.74 Å². The summed E-state index contributed by atoms with van der Waals surface area (Å²) in [6.07, 6.45) is 2.20. The number of hydrogen-bond donors (Lipinski definition) is 2. The Morgan fingerprint density at radius 3 is 2.88 bits per heavy atom. The summed E-state index contributed by atoms with van der Waals surface area (Å²) < 4.78 is 5.37. The number of anilines is 2. The molecular formula is C12H19N3O. The summed E-state index contributed by atoms with van der Waals surface area (Å²) in [6, 6.07) is 5.65. The van der Waals surface area contributed by atoms with Crippen molar-refractivity contribution in [2.45, 2.75) is 19.8 Å². The second-order valence-corrected chi connectivity index (χ2v) is 4.72. The number of rotatable bonds is 3. The number of aromatic nitrogens is 1. The molecule has 0 bridgehead atoms. The van der Waals surface area contributed by atoms with Crippen LogP contribution in [0, 0.1) is 5.41 Å². The first kappa shape index (κ1) is 11.2. The number of nitrogens with one attached hydrogen (secondary N) is 1. The molecule has 16 heavy (non-hydrogen) atoms. The molecule has 0 aliphatic carbocycles. The van der Waals surface area contributed by atoms with Crippen LogP contribution in [-0.4, -0.2) is 24.7 Å². The highest BCUT2D eigenvalue weighted by Crippen LogP contribution is 2.29. The van der Waals surface area contributed by atoms with E-state index in [9.17, 15) is 0 Å². The first-order valence-electron chi connectivity index (χ1n) is 5.72. The van der Waals surface area contributed by atoms with Gasteiger partial charge in [-0.25, -0.2) is 4.98 Å². The Balaban J connectivity index is 1.91. The maximum Gasteiger partial charge on any atom is 0.128 e. The highest BCUT2D eigenvalue weighted by atomic mass is 16.5. The van der Waals surface area contributed by atoms with Crippen LogP contribution in [0.2, 0.25) is 0 Å². The Bertz CT molecular complexity index is 348. The van der Waals surface area contributed by atoms with E-state index in [0.29, 0.717) is 11.2 Å². The summed E-state index contributed by atoms with van der Waals surface area (Å²) in [5.41, 5.74) is 5.94. The second kappa shape index (κ2) is 4.70. The van der Waals surface area contributed by atoms with E-state index in [2.05, 4.69) is 17.2 Å². The lowest BCUT2D eigenvalue weighted by molar-refractivity contribution is 0.0300. The van der Waals surface area contributed by atoms with E-state index >= 15 is 0 Å². The van der Waals surface area contributed by atoms with Crippen LogP contribution in [0.4, 0.5) is 11.6 Å². The molecular weight excluding hydrogens is 202 g/mol. The van der Waals surface area contributed by atoms with Gasteiger partial charge in [-0.3, -0.25) is 0 Å². The standard InChI is InChI=1S/C12H19N3O/c1-12(5-7-16-8-6-12)9-14-11-4-2-3-10(13)15-11/h2-4H,5-9H2,1H3,(H3,13,14,15). The molecule has 2 heterocycles. The Kier molecular flexibility index (Phi) is 3.29. The molecule has 1 fully saturated rings. The minimum atomic E-state index is 0.310. The predicted octanol–water partition coefficient (Wildman–Crippen LogP) is 1.89.